The molecule has 5 nitrogen and oxygen atoms in total. The molecule has 2 rings (SSSR count). The van der Waals surface area contributed by atoms with Gasteiger partial charge in [0.1, 0.15) is 12.4 Å². The Morgan fingerprint density at radius 1 is 1.24 bits per heavy atom. The molecule has 1 N–H and O–H groups in total. The molecule has 21 heavy (non-hydrogen) atoms. The van der Waals surface area contributed by atoms with Crippen LogP contribution in [-0.4, -0.2) is 47.7 Å². The largest absolute Gasteiger partial charge is 0.480 e. The van der Waals surface area contributed by atoms with Crippen molar-refractivity contribution < 1.29 is 23.8 Å². The number of likely N-dealkylation sites (tertiary alicyclic amines) is 1. The van der Waals surface area contributed by atoms with E-state index >= 15 is 0 Å². The normalized spacial score (nSPS) is 16.0. The average Bonchev–Trinajstić information content (AvgIpc) is 2.48. The summed E-state index contributed by atoms with van der Waals surface area (Å²) in [5, 5.41) is 8.55. The van der Waals surface area contributed by atoms with Crippen molar-refractivity contribution in [3.05, 3.63) is 35.6 Å². The molecule has 1 aliphatic rings. The summed E-state index contributed by atoms with van der Waals surface area (Å²) in [6, 6.07) is 5.90. The number of ether oxygens (including phenoxy) is 1. The minimum Gasteiger partial charge on any atom is -0.480 e. The van der Waals surface area contributed by atoms with Gasteiger partial charge < -0.3 is 14.7 Å². The summed E-state index contributed by atoms with van der Waals surface area (Å²) >= 11 is 0. The number of amides is 1. The maximum absolute atomic E-state index is 12.8. The number of piperidine rings is 1. The first-order valence-electron chi connectivity index (χ1n) is 6.90. The molecule has 1 aliphatic heterocycles. The zero-order chi connectivity index (χ0) is 15.2. The Kier molecular flexibility index (Phi) is 5.27. The van der Waals surface area contributed by atoms with E-state index in [2.05, 4.69) is 0 Å². The van der Waals surface area contributed by atoms with Crippen molar-refractivity contribution in [3.8, 4) is 0 Å². The van der Waals surface area contributed by atoms with E-state index in [9.17, 15) is 14.0 Å². The molecule has 0 radical (unpaired) electrons. The predicted octanol–water partition coefficient (Wildman–Crippen LogP) is 1.46. The molecule has 1 heterocycles. The third-order valence-corrected chi connectivity index (χ3v) is 3.51. The smallest absolute Gasteiger partial charge is 0.329 e. The Morgan fingerprint density at radius 2 is 1.86 bits per heavy atom. The minimum absolute atomic E-state index is 0.00158. The molecule has 0 spiro atoms. The van der Waals surface area contributed by atoms with Crippen LogP contribution in [0.4, 0.5) is 4.39 Å². The van der Waals surface area contributed by atoms with Gasteiger partial charge in [0.05, 0.1) is 12.5 Å². The van der Waals surface area contributed by atoms with E-state index in [1.165, 1.54) is 12.1 Å². The van der Waals surface area contributed by atoms with E-state index in [4.69, 9.17) is 9.84 Å². The highest BCUT2D eigenvalue weighted by Gasteiger charge is 2.23. The van der Waals surface area contributed by atoms with Gasteiger partial charge in [0.2, 0.25) is 5.91 Å². The molecule has 1 fully saturated rings. The Labute approximate surface area is 122 Å². The Bertz CT molecular complexity index is 495. The van der Waals surface area contributed by atoms with Gasteiger partial charge in [0, 0.05) is 13.1 Å². The molecule has 0 atom stereocenters. The lowest BCUT2D eigenvalue weighted by Gasteiger charge is -2.31. The molecule has 6 heteroatoms. The van der Waals surface area contributed by atoms with Crippen molar-refractivity contribution in [2.45, 2.75) is 25.4 Å². The number of hydrogen-bond donors (Lipinski definition) is 1. The number of hydrogen-bond acceptors (Lipinski definition) is 3. The number of carboxylic acid groups (broad SMARTS) is 1. The molecule has 1 aromatic carbocycles. The van der Waals surface area contributed by atoms with Crippen molar-refractivity contribution in [1.29, 1.82) is 0 Å². The zero-order valence-electron chi connectivity index (χ0n) is 11.6. The van der Waals surface area contributed by atoms with Crippen LogP contribution in [0.1, 0.15) is 18.4 Å². The summed E-state index contributed by atoms with van der Waals surface area (Å²) < 4.78 is 18.0. The summed E-state index contributed by atoms with van der Waals surface area (Å²) in [6.45, 7) is 0.822. The van der Waals surface area contributed by atoms with Crippen LogP contribution in [0.5, 0.6) is 0 Å². The first kappa shape index (κ1) is 15.4. The second-order valence-corrected chi connectivity index (χ2v) is 5.09. The van der Waals surface area contributed by atoms with Crippen LogP contribution in [0.2, 0.25) is 0 Å². The van der Waals surface area contributed by atoms with Crippen LogP contribution < -0.4 is 0 Å². The number of aliphatic carboxylic acids is 1. The Morgan fingerprint density at radius 3 is 2.43 bits per heavy atom. The lowest BCUT2D eigenvalue weighted by molar-refractivity contribution is -0.146. The Balaban J connectivity index is 1.77. The van der Waals surface area contributed by atoms with E-state index in [1.807, 2.05) is 0 Å². The fourth-order valence-electron chi connectivity index (χ4n) is 2.35. The van der Waals surface area contributed by atoms with Crippen molar-refractivity contribution in [3.63, 3.8) is 0 Å². The van der Waals surface area contributed by atoms with Crippen molar-refractivity contribution in [2.75, 3.05) is 19.7 Å². The molecular formula is C15H18FNO4. The third-order valence-electron chi connectivity index (χ3n) is 3.51. The molecule has 1 aromatic rings. The van der Waals surface area contributed by atoms with Gasteiger partial charge in [-0.15, -0.1) is 0 Å². The second kappa shape index (κ2) is 7.17. The summed E-state index contributed by atoms with van der Waals surface area (Å²) in [4.78, 5) is 24.3. The van der Waals surface area contributed by atoms with Gasteiger partial charge in [-0.25, -0.2) is 9.18 Å². The SMILES string of the molecule is O=C(O)COC1CCN(C(=O)Cc2ccc(F)cc2)CC1. The average molecular weight is 295 g/mol. The first-order valence-corrected chi connectivity index (χ1v) is 6.90. The first-order chi connectivity index (χ1) is 10.0. The van der Waals surface area contributed by atoms with Crippen LogP contribution in [0.3, 0.4) is 0 Å². The highest BCUT2D eigenvalue weighted by molar-refractivity contribution is 5.78. The molecule has 1 saturated heterocycles. The number of carbonyl (C=O) groups excluding carboxylic acids is 1. The molecule has 1 amide bonds. The minimum atomic E-state index is -0.982. The predicted molar refractivity (Wildman–Crippen MR) is 73.3 cm³/mol. The number of carboxylic acids is 1. The second-order valence-electron chi connectivity index (χ2n) is 5.09. The summed E-state index contributed by atoms with van der Waals surface area (Å²) in [7, 11) is 0. The van der Waals surface area contributed by atoms with Crippen LogP contribution in [0.15, 0.2) is 24.3 Å². The molecule has 114 valence electrons. The van der Waals surface area contributed by atoms with Crippen LogP contribution in [0, 0.1) is 5.82 Å². The van der Waals surface area contributed by atoms with Gasteiger partial charge in [-0.2, -0.15) is 0 Å². The van der Waals surface area contributed by atoms with Gasteiger partial charge in [0.25, 0.3) is 0 Å². The third kappa shape index (κ3) is 4.82. The maximum Gasteiger partial charge on any atom is 0.329 e. The number of benzene rings is 1. The molecular weight excluding hydrogens is 277 g/mol. The monoisotopic (exact) mass is 295 g/mol. The Hall–Kier alpha value is -1.95. The van der Waals surface area contributed by atoms with Crippen LogP contribution >= 0.6 is 0 Å². The van der Waals surface area contributed by atoms with Crippen molar-refractivity contribution in [2.24, 2.45) is 0 Å². The summed E-state index contributed by atoms with van der Waals surface area (Å²) in [6.07, 6.45) is 1.43. The topological polar surface area (TPSA) is 66.8 Å². The fraction of sp³-hybridized carbons (Fsp3) is 0.467. The fourth-order valence-corrected chi connectivity index (χ4v) is 2.35. The molecule has 0 bridgehead atoms. The maximum atomic E-state index is 12.8. The molecule has 0 aliphatic carbocycles. The van der Waals surface area contributed by atoms with Gasteiger partial charge in [0.15, 0.2) is 0 Å². The number of carbonyl (C=O) groups is 2. The number of nitrogens with zero attached hydrogens (tertiary/aromatic N) is 1. The van der Waals surface area contributed by atoms with E-state index < -0.39 is 5.97 Å². The molecule has 0 saturated carbocycles. The summed E-state index contributed by atoms with van der Waals surface area (Å²) in [5.74, 6) is -1.30. The van der Waals surface area contributed by atoms with Crippen molar-refractivity contribution >= 4 is 11.9 Å². The highest BCUT2D eigenvalue weighted by atomic mass is 19.1. The van der Waals surface area contributed by atoms with Gasteiger partial charge in [-0.1, -0.05) is 12.1 Å². The lowest BCUT2D eigenvalue weighted by Crippen LogP contribution is -2.41. The quantitative estimate of drug-likeness (QED) is 0.893. The highest BCUT2D eigenvalue weighted by Crippen LogP contribution is 2.15. The van der Waals surface area contributed by atoms with E-state index in [1.54, 1.807) is 17.0 Å². The van der Waals surface area contributed by atoms with Crippen molar-refractivity contribution in [1.82, 2.24) is 4.90 Å². The van der Waals surface area contributed by atoms with Gasteiger partial charge in [-0.3, -0.25) is 4.79 Å². The van der Waals surface area contributed by atoms with E-state index in [0.717, 1.165) is 5.56 Å². The lowest BCUT2D eigenvalue weighted by atomic mass is 10.1. The zero-order valence-corrected chi connectivity index (χ0v) is 11.6. The van der Waals surface area contributed by atoms with Gasteiger partial charge in [-0.05, 0) is 30.5 Å². The molecule has 0 unspecified atom stereocenters. The number of halogens is 1. The van der Waals surface area contributed by atoms with E-state index in [-0.39, 0.29) is 30.9 Å². The van der Waals surface area contributed by atoms with Gasteiger partial charge >= 0.3 is 5.97 Å². The molecule has 0 aromatic heterocycles. The standard InChI is InChI=1S/C15H18FNO4/c16-12-3-1-11(2-4-12)9-14(18)17-7-5-13(6-8-17)21-10-15(19)20/h1-4,13H,5-10H2,(H,19,20). The summed E-state index contributed by atoms with van der Waals surface area (Å²) in [5.41, 5.74) is 0.783. The number of rotatable bonds is 5. The van der Waals surface area contributed by atoms with Crippen LogP contribution in [0.25, 0.3) is 0 Å². The van der Waals surface area contributed by atoms with Crippen LogP contribution in [-0.2, 0) is 20.7 Å². The van der Waals surface area contributed by atoms with E-state index in [0.29, 0.717) is 25.9 Å².